The molecular weight excluding hydrogens is 281 g/mol. The Morgan fingerprint density at radius 1 is 1.11 bits per heavy atom. The zero-order valence-electron chi connectivity index (χ0n) is 10.6. The van der Waals surface area contributed by atoms with Crippen LogP contribution in [0.4, 0.5) is 4.39 Å². The van der Waals surface area contributed by atoms with Crippen LogP contribution >= 0.6 is 23.4 Å². The number of hydrogen-bond acceptors (Lipinski definition) is 2. The predicted octanol–water partition coefficient (Wildman–Crippen LogP) is 4.53. The standard InChI is InChI=1S/C15H15ClFNS/c1-18-15(11-2-6-13(17)7-3-11)10-19-14-8-4-12(16)5-9-14/h2-9,15,18H,10H2,1H3. The number of hydrogen-bond donors (Lipinski definition) is 1. The highest BCUT2D eigenvalue weighted by Gasteiger charge is 2.09. The first-order valence-electron chi connectivity index (χ1n) is 6.00. The smallest absolute Gasteiger partial charge is 0.123 e. The molecule has 0 aliphatic rings. The second-order valence-corrected chi connectivity index (χ2v) is 5.69. The third kappa shape index (κ3) is 4.23. The first-order valence-corrected chi connectivity index (χ1v) is 7.36. The molecule has 1 atom stereocenters. The fraction of sp³-hybridized carbons (Fsp3) is 0.200. The van der Waals surface area contributed by atoms with E-state index in [1.807, 2.05) is 43.4 Å². The number of nitrogens with one attached hydrogen (secondary N) is 1. The maximum absolute atomic E-state index is 12.9. The molecule has 2 rings (SSSR count). The Hall–Kier alpha value is -1.03. The lowest BCUT2D eigenvalue weighted by Gasteiger charge is -2.16. The van der Waals surface area contributed by atoms with Gasteiger partial charge in [-0.2, -0.15) is 0 Å². The third-order valence-corrected chi connectivity index (χ3v) is 4.21. The van der Waals surface area contributed by atoms with E-state index in [1.54, 1.807) is 11.8 Å². The first-order chi connectivity index (χ1) is 9.19. The highest BCUT2D eigenvalue weighted by atomic mass is 35.5. The van der Waals surface area contributed by atoms with Gasteiger partial charge in [0.1, 0.15) is 5.82 Å². The van der Waals surface area contributed by atoms with Gasteiger partial charge >= 0.3 is 0 Å². The summed E-state index contributed by atoms with van der Waals surface area (Å²) in [5, 5.41) is 3.99. The molecule has 0 aliphatic carbocycles. The summed E-state index contributed by atoms with van der Waals surface area (Å²) in [5.41, 5.74) is 1.09. The summed E-state index contributed by atoms with van der Waals surface area (Å²) in [6.07, 6.45) is 0. The van der Waals surface area contributed by atoms with Crippen LogP contribution in [0.1, 0.15) is 11.6 Å². The molecule has 1 N–H and O–H groups in total. The molecule has 0 saturated heterocycles. The third-order valence-electron chi connectivity index (χ3n) is 2.85. The Morgan fingerprint density at radius 2 is 1.74 bits per heavy atom. The van der Waals surface area contributed by atoms with Crippen LogP contribution in [0.5, 0.6) is 0 Å². The molecule has 0 amide bonds. The number of thioether (sulfide) groups is 1. The second kappa shape index (κ2) is 6.94. The lowest BCUT2D eigenvalue weighted by molar-refractivity contribution is 0.620. The van der Waals surface area contributed by atoms with Crippen molar-refractivity contribution in [3.8, 4) is 0 Å². The molecule has 2 aromatic carbocycles. The topological polar surface area (TPSA) is 12.0 Å². The predicted molar refractivity (Wildman–Crippen MR) is 80.4 cm³/mol. The first kappa shape index (κ1) is 14.4. The van der Waals surface area contributed by atoms with E-state index in [0.717, 1.165) is 16.3 Å². The van der Waals surface area contributed by atoms with Crippen LogP contribution in [0.15, 0.2) is 53.4 Å². The lowest BCUT2D eigenvalue weighted by Crippen LogP contribution is -2.18. The Kier molecular flexibility index (Phi) is 5.25. The molecular formula is C15H15ClFNS. The summed E-state index contributed by atoms with van der Waals surface area (Å²) in [5.74, 6) is 0.674. The van der Waals surface area contributed by atoms with Crippen LogP contribution < -0.4 is 5.32 Å². The highest BCUT2D eigenvalue weighted by Crippen LogP contribution is 2.25. The number of halogens is 2. The average molecular weight is 296 g/mol. The van der Waals surface area contributed by atoms with Gasteiger partial charge in [-0.15, -0.1) is 11.8 Å². The normalized spacial score (nSPS) is 12.4. The van der Waals surface area contributed by atoms with Gasteiger partial charge in [0.05, 0.1) is 0 Å². The minimum atomic E-state index is -0.205. The van der Waals surface area contributed by atoms with Gasteiger partial charge in [-0.1, -0.05) is 23.7 Å². The number of rotatable bonds is 5. The zero-order valence-corrected chi connectivity index (χ0v) is 12.1. The average Bonchev–Trinajstić information content (AvgIpc) is 2.43. The van der Waals surface area contributed by atoms with Crippen molar-refractivity contribution in [2.24, 2.45) is 0 Å². The van der Waals surface area contributed by atoms with E-state index in [4.69, 9.17) is 11.6 Å². The lowest BCUT2D eigenvalue weighted by atomic mass is 10.1. The maximum Gasteiger partial charge on any atom is 0.123 e. The molecule has 100 valence electrons. The minimum Gasteiger partial charge on any atom is -0.312 e. The molecule has 0 heterocycles. The molecule has 2 aromatic rings. The van der Waals surface area contributed by atoms with E-state index in [1.165, 1.54) is 17.0 Å². The van der Waals surface area contributed by atoms with Gasteiger partial charge in [-0.25, -0.2) is 4.39 Å². The summed E-state index contributed by atoms with van der Waals surface area (Å²) >= 11 is 7.60. The number of benzene rings is 2. The van der Waals surface area contributed by atoms with E-state index in [0.29, 0.717) is 0 Å². The summed E-state index contributed by atoms with van der Waals surface area (Å²) in [6, 6.07) is 14.6. The van der Waals surface area contributed by atoms with Crippen LogP contribution in [0.3, 0.4) is 0 Å². The molecule has 1 unspecified atom stereocenters. The molecule has 19 heavy (non-hydrogen) atoms. The van der Waals surface area contributed by atoms with Crippen molar-refractivity contribution in [1.29, 1.82) is 0 Å². The van der Waals surface area contributed by atoms with Gasteiger partial charge in [0.25, 0.3) is 0 Å². The molecule has 0 bridgehead atoms. The van der Waals surface area contributed by atoms with E-state index in [-0.39, 0.29) is 11.9 Å². The molecule has 0 radical (unpaired) electrons. The molecule has 0 aromatic heterocycles. The summed E-state index contributed by atoms with van der Waals surface area (Å²) in [6.45, 7) is 0. The van der Waals surface area contributed by atoms with Gasteiger partial charge in [0.15, 0.2) is 0 Å². The van der Waals surface area contributed by atoms with Gasteiger partial charge in [0.2, 0.25) is 0 Å². The highest BCUT2D eigenvalue weighted by molar-refractivity contribution is 7.99. The Balaban J connectivity index is 1.99. The van der Waals surface area contributed by atoms with Crippen LogP contribution in [0.2, 0.25) is 5.02 Å². The van der Waals surface area contributed by atoms with Gasteiger partial charge < -0.3 is 5.32 Å². The molecule has 0 saturated carbocycles. The van der Waals surface area contributed by atoms with Gasteiger partial charge in [-0.3, -0.25) is 0 Å². The second-order valence-electron chi connectivity index (χ2n) is 4.16. The maximum atomic E-state index is 12.9. The molecule has 0 spiro atoms. The molecule has 0 aliphatic heterocycles. The molecule has 4 heteroatoms. The van der Waals surface area contributed by atoms with Crippen LogP contribution in [0, 0.1) is 5.82 Å². The Bertz CT molecular complexity index is 513. The molecule has 0 fully saturated rings. The monoisotopic (exact) mass is 295 g/mol. The SMILES string of the molecule is CNC(CSc1ccc(Cl)cc1)c1ccc(F)cc1. The summed E-state index contributed by atoms with van der Waals surface area (Å²) in [4.78, 5) is 1.17. The van der Waals surface area contributed by atoms with Crippen molar-refractivity contribution < 1.29 is 4.39 Å². The van der Waals surface area contributed by atoms with Crippen molar-refractivity contribution >= 4 is 23.4 Å². The van der Waals surface area contributed by atoms with Crippen molar-refractivity contribution in [1.82, 2.24) is 5.32 Å². The summed E-state index contributed by atoms with van der Waals surface area (Å²) in [7, 11) is 1.91. The fourth-order valence-corrected chi connectivity index (χ4v) is 2.92. The van der Waals surface area contributed by atoms with Crippen molar-refractivity contribution in [3.63, 3.8) is 0 Å². The van der Waals surface area contributed by atoms with Gasteiger partial charge in [-0.05, 0) is 49.0 Å². The largest absolute Gasteiger partial charge is 0.312 e. The van der Waals surface area contributed by atoms with Crippen LogP contribution in [0.25, 0.3) is 0 Å². The minimum absolute atomic E-state index is 0.196. The fourth-order valence-electron chi connectivity index (χ4n) is 1.75. The van der Waals surface area contributed by atoms with E-state index in [9.17, 15) is 4.39 Å². The Labute approximate surface area is 122 Å². The van der Waals surface area contributed by atoms with Crippen LogP contribution in [-0.4, -0.2) is 12.8 Å². The van der Waals surface area contributed by atoms with Crippen molar-refractivity contribution in [3.05, 3.63) is 64.9 Å². The zero-order chi connectivity index (χ0) is 13.7. The van der Waals surface area contributed by atoms with E-state index >= 15 is 0 Å². The summed E-state index contributed by atoms with van der Waals surface area (Å²) < 4.78 is 12.9. The van der Waals surface area contributed by atoms with E-state index < -0.39 is 0 Å². The van der Waals surface area contributed by atoms with Crippen molar-refractivity contribution in [2.75, 3.05) is 12.8 Å². The quantitative estimate of drug-likeness (QED) is 0.813. The van der Waals surface area contributed by atoms with Crippen molar-refractivity contribution in [2.45, 2.75) is 10.9 Å². The van der Waals surface area contributed by atoms with E-state index in [2.05, 4.69) is 5.32 Å². The Morgan fingerprint density at radius 3 is 2.32 bits per heavy atom. The van der Waals surface area contributed by atoms with Gasteiger partial charge in [0, 0.05) is 21.7 Å². The molecule has 1 nitrogen and oxygen atoms in total. The van der Waals surface area contributed by atoms with Crippen LogP contribution in [-0.2, 0) is 0 Å².